The lowest BCUT2D eigenvalue weighted by Crippen LogP contribution is -2.39. The molecule has 0 unspecified atom stereocenters. The molecule has 5 nitrogen and oxygen atoms in total. The summed E-state index contributed by atoms with van der Waals surface area (Å²) in [6, 6.07) is 14.4. The molecule has 0 bridgehead atoms. The minimum Gasteiger partial charge on any atom is -0.481 e. The Kier molecular flexibility index (Phi) is 6.51. The van der Waals surface area contributed by atoms with Gasteiger partial charge in [-0.3, -0.25) is 9.59 Å². The number of carboxylic acid groups (broad SMARTS) is 1. The highest BCUT2D eigenvalue weighted by atomic mass is 16.4. The fraction of sp³-hybridized carbons (Fsp3) is 0.286. The second-order valence-corrected chi connectivity index (χ2v) is 6.43. The van der Waals surface area contributed by atoms with E-state index in [1.807, 2.05) is 32.0 Å². The van der Waals surface area contributed by atoms with Gasteiger partial charge in [-0.2, -0.15) is 5.26 Å². The van der Waals surface area contributed by atoms with Crippen molar-refractivity contribution in [2.75, 3.05) is 0 Å². The molecule has 0 saturated carbocycles. The van der Waals surface area contributed by atoms with Crippen LogP contribution < -0.4 is 5.32 Å². The Morgan fingerprint density at radius 1 is 1.15 bits per heavy atom. The zero-order valence-electron chi connectivity index (χ0n) is 15.0. The van der Waals surface area contributed by atoms with Gasteiger partial charge in [0.2, 0.25) is 5.91 Å². The summed E-state index contributed by atoms with van der Waals surface area (Å²) >= 11 is 0. The zero-order valence-corrected chi connectivity index (χ0v) is 15.0. The molecule has 2 aromatic carbocycles. The Hall–Kier alpha value is -3.13. The fourth-order valence-electron chi connectivity index (χ4n) is 2.84. The van der Waals surface area contributed by atoms with E-state index in [1.165, 1.54) is 0 Å². The van der Waals surface area contributed by atoms with E-state index < -0.39 is 12.0 Å². The van der Waals surface area contributed by atoms with E-state index in [-0.39, 0.29) is 18.7 Å². The molecular weight excluding hydrogens is 328 g/mol. The summed E-state index contributed by atoms with van der Waals surface area (Å²) < 4.78 is 0. The van der Waals surface area contributed by atoms with Crippen molar-refractivity contribution in [1.82, 2.24) is 5.32 Å². The molecule has 2 rings (SSSR count). The molecule has 26 heavy (non-hydrogen) atoms. The van der Waals surface area contributed by atoms with Crippen LogP contribution >= 0.6 is 0 Å². The Labute approximate surface area is 153 Å². The summed E-state index contributed by atoms with van der Waals surface area (Å²) in [5, 5.41) is 21.1. The number of rotatable bonds is 7. The summed E-state index contributed by atoms with van der Waals surface area (Å²) in [6.45, 7) is 4.00. The number of nitriles is 1. The minimum atomic E-state index is -0.990. The summed E-state index contributed by atoms with van der Waals surface area (Å²) in [5.74, 6) is -1.22. The second-order valence-electron chi connectivity index (χ2n) is 6.43. The molecule has 0 aliphatic heterocycles. The zero-order chi connectivity index (χ0) is 19.1. The third-order valence-corrected chi connectivity index (χ3v) is 4.33. The summed E-state index contributed by atoms with van der Waals surface area (Å²) in [6.07, 6.45) is 0.296. The normalized spacial score (nSPS) is 11.4. The molecule has 134 valence electrons. The average molecular weight is 350 g/mol. The number of aryl methyl sites for hydroxylation is 2. The Morgan fingerprint density at radius 3 is 2.54 bits per heavy atom. The SMILES string of the molecule is Cc1ccc(CC(=O)N[C@@H](CC(=O)O)Cc2ccccc2C#N)cc1C. The Morgan fingerprint density at radius 2 is 1.88 bits per heavy atom. The van der Waals surface area contributed by atoms with Crippen LogP contribution in [-0.4, -0.2) is 23.0 Å². The van der Waals surface area contributed by atoms with Gasteiger partial charge in [0.05, 0.1) is 24.5 Å². The standard InChI is InChI=1S/C21H22N2O3/c1-14-7-8-16(9-15(14)2)10-20(24)23-19(12-21(25)26)11-17-5-3-4-6-18(17)13-22/h3-9,19H,10-12H2,1-2H3,(H,23,24)(H,25,26)/t19-/m1/s1. The van der Waals surface area contributed by atoms with Gasteiger partial charge in [-0.25, -0.2) is 0 Å². The molecule has 5 heteroatoms. The average Bonchev–Trinajstić information content (AvgIpc) is 2.58. The Bertz CT molecular complexity index is 853. The number of hydrogen-bond acceptors (Lipinski definition) is 3. The maximum absolute atomic E-state index is 12.4. The molecule has 0 heterocycles. The fourth-order valence-corrected chi connectivity index (χ4v) is 2.84. The van der Waals surface area contributed by atoms with Crippen LogP contribution in [0.15, 0.2) is 42.5 Å². The topological polar surface area (TPSA) is 90.2 Å². The van der Waals surface area contributed by atoms with Gasteiger partial charge in [-0.1, -0.05) is 36.4 Å². The number of carbonyl (C=O) groups excluding carboxylic acids is 1. The molecule has 0 aliphatic carbocycles. The number of amides is 1. The van der Waals surface area contributed by atoms with Crippen LogP contribution in [-0.2, 0) is 22.4 Å². The largest absolute Gasteiger partial charge is 0.481 e. The van der Waals surface area contributed by atoms with E-state index >= 15 is 0 Å². The smallest absolute Gasteiger partial charge is 0.305 e. The third kappa shape index (κ3) is 5.45. The number of carboxylic acids is 1. The predicted molar refractivity (Wildman–Crippen MR) is 98.7 cm³/mol. The highest BCUT2D eigenvalue weighted by Gasteiger charge is 2.18. The van der Waals surface area contributed by atoms with Gasteiger partial charge in [0.15, 0.2) is 0 Å². The third-order valence-electron chi connectivity index (χ3n) is 4.33. The van der Waals surface area contributed by atoms with Gasteiger partial charge in [0.1, 0.15) is 0 Å². The summed E-state index contributed by atoms with van der Waals surface area (Å²) in [5.41, 5.74) is 4.38. The predicted octanol–water partition coefficient (Wildman–Crippen LogP) is 2.92. The second kappa shape index (κ2) is 8.82. The van der Waals surface area contributed by atoms with Gasteiger partial charge in [-0.05, 0) is 48.6 Å². The quantitative estimate of drug-likeness (QED) is 0.803. The van der Waals surface area contributed by atoms with Gasteiger partial charge >= 0.3 is 5.97 Å². The van der Waals surface area contributed by atoms with E-state index in [1.54, 1.807) is 24.3 Å². The van der Waals surface area contributed by atoms with Crippen molar-refractivity contribution in [3.8, 4) is 6.07 Å². The van der Waals surface area contributed by atoms with Crippen molar-refractivity contribution >= 4 is 11.9 Å². The number of benzene rings is 2. The lowest BCUT2D eigenvalue weighted by Gasteiger charge is -2.18. The van der Waals surface area contributed by atoms with Crippen LogP contribution in [0.4, 0.5) is 0 Å². The number of nitrogens with one attached hydrogen (secondary N) is 1. The van der Waals surface area contributed by atoms with Crippen LogP contribution in [0.25, 0.3) is 0 Å². The first-order chi connectivity index (χ1) is 12.4. The Balaban J connectivity index is 2.09. The summed E-state index contributed by atoms with van der Waals surface area (Å²) in [4.78, 5) is 23.5. The molecule has 0 aromatic heterocycles. The highest BCUT2D eigenvalue weighted by molar-refractivity contribution is 5.80. The van der Waals surface area contributed by atoms with E-state index in [0.29, 0.717) is 12.0 Å². The number of carbonyl (C=O) groups is 2. The van der Waals surface area contributed by atoms with Crippen LogP contribution in [0, 0.1) is 25.2 Å². The highest BCUT2D eigenvalue weighted by Crippen LogP contribution is 2.13. The van der Waals surface area contributed by atoms with Crippen LogP contribution in [0.3, 0.4) is 0 Å². The monoisotopic (exact) mass is 350 g/mol. The lowest BCUT2D eigenvalue weighted by atomic mass is 9.98. The van der Waals surface area contributed by atoms with E-state index in [0.717, 1.165) is 22.3 Å². The molecule has 0 saturated heterocycles. The first-order valence-electron chi connectivity index (χ1n) is 8.44. The van der Waals surface area contributed by atoms with Crippen molar-refractivity contribution in [2.45, 2.75) is 39.2 Å². The molecule has 2 aromatic rings. The lowest BCUT2D eigenvalue weighted by molar-refractivity contribution is -0.137. The molecule has 2 N–H and O–H groups in total. The molecule has 1 amide bonds. The van der Waals surface area contributed by atoms with Gasteiger partial charge in [0, 0.05) is 6.04 Å². The van der Waals surface area contributed by atoms with Gasteiger partial charge < -0.3 is 10.4 Å². The minimum absolute atomic E-state index is 0.192. The van der Waals surface area contributed by atoms with Crippen LogP contribution in [0.5, 0.6) is 0 Å². The van der Waals surface area contributed by atoms with E-state index in [4.69, 9.17) is 5.11 Å². The van der Waals surface area contributed by atoms with Crippen LogP contribution in [0.2, 0.25) is 0 Å². The van der Waals surface area contributed by atoms with Gasteiger partial charge in [0.25, 0.3) is 0 Å². The number of hydrogen-bond donors (Lipinski definition) is 2. The van der Waals surface area contributed by atoms with E-state index in [9.17, 15) is 14.9 Å². The molecule has 1 atom stereocenters. The maximum Gasteiger partial charge on any atom is 0.305 e. The first kappa shape index (κ1) is 19.2. The molecule has 0 spiro atoms. The van der Waals surface area contributed by atoms with Crippen molar-refractivity contribution in [3.05, 3.63) is 70.3 Å². The van der Waals surface area contributed by atoms with E-state index in [2.05, 4.69) is 11.4 Å². The molecular formula is C21H22N2O3. The first-order valence-corrected chi connectivity index (χ1v) is 8.44. The van der Waals surface area contributed by atoms with Crippen molar-refractivity contribution in [1.29, 1.82) is 5.26 Å². The van der Waals surface area contributed by atoms with Gasteiger partial charge in [-0.15, -0.1) is 0 Å². The van der Waals surface area contributed by atoms with Crippen molar-refractivity contribution < 1.29 is 14.7 Å². The summed E-state index contributed by atoms with van der Waals surface area (Å²) in [7, 11) is 0. The molecule has 0 fully saturated rings. The number of nitrogens with zero attached hydrogens (tertiary/aromatic N) is 1. The molecule has 0 radical (unpaired) electrons. The maximum atomic E-state index is 12.4. The van der Waals surface area contributed by atoms with Crippen molar-refractivity contribution in [3.63, 3.8) is 0 Å². The molecule has 0 aliphatic rings. The number of aliphatic carboxylic acids is 1. The van der Waals surface area contributed by atoms with Crippen molar-refractivity contribution in [2.24, 2.45) is 0 Å². The van der Waals surface area contributed by atoms with Crippen LogP contribution in [0.1, 0.15) is 34.2 Å².